The molecule has 0 saturated carbocycles. The van der Waals surface area contributed by atoms with Crippen molar-refractivity contribution < 1.29 is 4.79 Å². The molecule has 1 saturated heterocycles. The fraction of sp³-hybridized carbons (Fsp3) is 0.292. The molecule has 4 rings (SSSR count). The Hall–Kier alpha value is -3.21. The number of hydrogen-bond acceptors (Lipinski definition) is 4. The van der Waals surface area contributed by atoms with Crippen molar-refractivity contribution in [3.63, 3.8) is 0 Å². The van der Waals surface area contributed by atoms with Gasteiger partial charge in [0.15, 0.2) is 5.82 Å². The van der Waals surface area contributed by atoms with Gasteiger partial charge in [-0.25, -0.2) is 9.97 Å². The quantitative estimate of drug-likeness (QED) is 0.638. The van der Waals surface area contributed by atoms with Crippen LogP contribution in [0.15, 0.2) is 73.1 Å². The molecule has 0 bridgehead atoms. The number of carbonyl (C=O) groups excluding carboxylic acids is 1. The average Bonchev–Trinajstić information content (AvgIpc) is 2.79. The highest BCUT2D eigenvalue weighted by Crippen LogP contribution is 2.25. The van der Waals surface area contributed by atoms with Crippen LogP contribution in [0.25, 0.3) is 0 Å². The first kappa shape index (κ1) is 19.1. The van der Waals surface area contributed by atoms with E-state index >= 15 is 0 Å². The van der Waals surface area contributed by atoms with Crippen LogP contribution in [0.5, 0.6) is 0 Å². The molecule has 1 aliphatic heterocycles. The van der Waals surface area contributed by atoms with E-state index in [1.807, 2.05) is 41.3 Å². The molecular weight excluding hydrogens is 360 g/mol. The fourth-order valence-corrected chi connectivity index (χ4v) is 3.62. The lowest BCUT2D eigenvalue weighted by atomic mass is 9.99. The molecule has 1 aromatic heterocycles. The molecule has 5 heteroatoms. The zero-order valence-electron chi connectivity index (χ0n) is 16.7. The number of anilines is 2. The second-order valence-electron chi connectivity index (χ2n) is 7.64. The molecule has 1 amide bonds. The van der Waals surface area contributed by atoms with Crippen LogP contribution in [0.2, 0.25) is 0 Å². The molecule has 2 aromatic carbocycles. The Bertz CT molecular complexity index is 920. The molecule has 0 unspecified atom stereocenters. The Balaban J connectivity index is 1.56. The predicted octanol–water partition coefficient (Wildman–Crippen LogP) is 4.69. The summed E-state index contributed by atoms with van der Waals surface area (Å²) in [6.45, 7) is 4.51. The first-order valence-corrected chi connectivity index (χ1v) is 10.2. The topological polar surface area (TPSA) is 49.3 Å². The average molecular weight is 386 g/mol. The Labute approximate surface area is 172 Å². The summed E-state index contributed by atoms with van der Waals surface area (Å²) in [6, 6.07) is 20.4. The third kappa shape index (κ3) is 4.62. The lowest BCUT2D eigenvalue weighted by molar-refractivity contribution is 0.0691. The standard InChI is InChI=1S/C24H26N4O/c1-19-12-14-27(15-13-19)24(29)22-16-26-23(17-25-22)28(21-10-6-3-7-11-21)18-20-8-4-2-5-9-20/h2-11,16-17,19H,12-15,18H2,1H3. The van der Waals surface area contributed by atoms with Gasteiger partial charge in [0.25, 0.3) is 5.91 Å². The van der Waals surface area contributed by atoms with Crippen molar-refractivity contribution in [3.05, 3.63) is 84.3 Å². The van der Waals surface area contributed by atoms with Crippen LogP contribution in [-0.2, 0) is 6.54 Å². The number of benzene rings is 2. The summed E-state index contributed by atoms with van der Waals surface area (Å²) < 4.78 is 0. The Morgan fingerprint density at radius 3 is 2.24 bits per heavy atom. The summed E-state index contributed by atoms with van der Waals surface area (Å²) in [5.41, 5.74) is 2.63. The maximum atomic E-state index is 12.8. The number of likely N-dealkylation sites (tertiary alicyclic amines) is 1. The Kier molecular flexibility index (Phi) is 5.84. The second-order valence-corrected chi connectivity index (χ2v) is 7.64. The van der Waals surface area contributed by atoms with Gasteiger partial charge in [0.05, 0.1) is 12.4 Å². The molecule has 0 aliphatic carbocycles. The largest absolute Gasteiger partial charge is 0.337 e. The summed E-state index contributed by atoms with van der Waals surface area (Å²) in [7, 11) is 0. The van der Waals surface area contributed by atoms with Crippen molar-refractivity contribution in [3.8, 4) is 0 Å². The molecule has 148 valence electrons. The van der Waals surface area contributed by atoms with E-state index in [2.05, 4.69) is 46.1 Å². The third-order valence-electron chi connectivity index (χ3n) is 5.46. The van der Waals surface area contributed by atoms with Gasteiger partial charge in [-0.3, -0.25) is 4.79 Å². The Morgan fingerprint density at radius 1 is 0.966 bits per heavy atom. The smallest absolute Gasteiger partial charge is 0.274 e. The first-order chi connectivity index (χ1) is 14.2. The number of hydrogen-bond donors (Lipinski definition) is 0. The molecular formula is C24H26N4O. The molecule has 0 radical (unpaired) electrons. The number of aromatic nitrogens is 2. The number of amides is 1. The van der Waals surface area contributed by atoms with Crippen molar-refractivity contribution >= 4 is 17.4 Å². The summed E-state index contributed by atoms with van der Waals surface area (Å²) in [5, 5.41) is 0. The van der Waals surface area contributed by atoms with Crippen LogP contribution >= 0.6 is 0 Å². The first-order valence-electron chi connectivity index (χ1n) is 10.2. The molecule has 0 atom stereocenters. The minimum Gasteiger partial charge on any atom is -0.337 e. The van der Waals surface area contributed by atoms with E-state index in [0.717, 1.165) is 37.4 Å². The van der Waals surface area contributed by atoms with Gasteiger partial charge in [-0.1, -0.05) is 55.5 Å². The number of para-hydroxylation sites is 1. The summed E-state index contributed by atoms with van der Waals surface area (Å²) >= 11 is 0. The minimum absolute atomic E-state index is 0.0229. The lowest BCUT2D eigenvalue weighted by Gasteiger charge is -2.30. The molecule has 29 heavy (non-hydrogen) atoms. The molecule has 2 heterocycles. The SMILES string of the molecule is CC1CCN(C(=O)c2cnc(N(Cc3ccccc3)c3ccccc3)cn2)CC1. The molecule has 0 spiro atoms. The van der Waals surface area contributed by atoms with E-state index in [4.69, 9.17) is 0 Å². The molecule has 1 aliphatic rings. The fourth-order valence-electron chi connectivity index (χ4n) is 3.62. The molecule has 3 aromatic rings. The highest BCUT2D eigenvalue weighted by molar-refractivity contribution is 5.92. The van der Waals surface area contributed by atoms with E-state index in [-0.39, 0.29) is 5.91 Å². The van der Waals surface area contributed by atoms with Gasteiger partial charge >= 0.3 is 0 Å². The van der Waals surface area contributed by atoms with E-state index in [0.29, 0.717) is 18.2 Å². The third-order valence-corrected chi connectivity index (χ3v) is 5.46. The highest BCUT2D eigenvalue weighted by Gasteiger charge is 2.23. The van der Waals surface area contributed by atoms with Crippen molar-refractivity contribution in [1.29, 1.82) is 0 Å². The number of rotatable bonds is 5. The normalized spacial score (nSPS) is 14.6. The van der Waals surface area contributed by atoms with Gasteiger partial charge in [0, 0.05) is 25.3 Å². The summed E-state index contributed by atoms with van der Waals surface area (Å²) in [4.78, 5) is 25.8. The number of carbonyl (C=O) groups is 1. The maximum absolute atomic E-state index is 12.8. The van der Waals surface area contributed by atoms with Crippen molar-refractivity contribution in [2.45, 2.75) is 26.3 Å². The van der Waals surface area contributed by atoms with Gasteiger partial charge in [-0.15, -0.1) is 0 Å². The zero-order valence-corrected chi connectivity index (χ0v) is 16.7. The van der Waals surface area contributed by atoms with Crippen molar-refractivity contribution in [1.82, 2.24) is 14.9 Å². The van der Waals surface area contributed by atoms with Crippen LogP contribution in [0.3, 0.4) is 0 Å². The molecule has 0 N–H and O–H groups in total. The summed E-state index contributed by atoms with van der Waals surface area (Å²) in [5.74, 6) is 1.39. The van der Waals surface area contributed by atoms with Gasteiger partial charge in [0.1, 0.15) is 5.69 Å². The number of nitrogens with zero attached hydrogens (tertiary/aromatic N) is 4. The monoisotopic (exact) mass is 386 g/mol. The molecule has 1 fully saturated rings. The van der Waals surface area contributed by atoms with Crippen LogP contribution in [0, 0.1) is 5.92 Å². The Morgan fingerprint density at radius 2 is 1.62 bits per heavy atom. The number of piperidine rings is 1. The van der Waals surface area contributed by atoms with Gasteiger partial charge in [-0.2, -0.15) is 0 Å². The van der Waals surface area contributed by atoms with Crippen LogP contribution in [0.4, 0.5) is 11.5 Å². The maximum Gasteiger partial charge on any atom is 0.274 e. The summed E-state index contributed by atoms with van der Waals surface area (Å²) in [6.07, 6.45) is 5.42. The predicted molar refractivity (Wildman–Crippen MR) is 115 cm³/mol. The van der Waals surface area contributed by atoms with Gasteiger partial charge < -0.3 is 9.80 Å². The highest BCUT2D eigenvalue weighted by atomic mass is 16.2. The van der Waals surface area contributed by atoms with Gasteiger partial charge in [0.2, 0.25) is 0 Å². The van der Waals surface area contributed by atoms with Crippen molar-refractivity contribution in [2.24, 2.45) is 5.92 Å². The van der Waals surface area contributed by atoms with E-state index in [1.165, 1.54) is 5.56 Å². The van der Waals surface area contributed by atoms with Crippen molar-refractivity contribution in [2.75, 3.05) is 18.0 Å². The lowest BCUT2D eigenvalue weighted by Crippen LogP contribution is -2.38. The van der Waals surface area contributed by atoms with E-state index < -0.39 is 0 Å². The minimum atomic E-state index is -0.0229. The zero-order chi connectivity index (χ0) is 20.1. The van der Waals surface area contributed by atoms with E-state index in [9.17, 15) is 4.79 Å². The molecule has 5 nitrogen and oxygen atoms in total. The van der Waals surface area contributed by atoms with Crippen LogP contribution in [-0.4, -0.2) is 33.9 Å². The van der Waals surface area contributed by atoms with E-state index in [1.54, 1.807) is 12.4 Å². The second kappa shape index (κ2) is 8.86. The van der Waals surface area contributed by atoms with Crippen LogP contribution < -0.4 is 4.90 Å². The van der Waals surface area contributed by atoms with Gasteiger partial charge in [-0.05, 0) is 36.5 Å². The van der Waals surface area contributed by atoms with Crippen LogP contribution in [0.1, 0.15) is 35.8 Å².